The van der Waals surface area contributed by atoms with Crippen molar-refractivity contribution in [3.63, 3.8) is 0 Å². The molecule has 0 N–H and O–H groups in total. The molecule has 1 saturated heterocycles. The Bertz CT molecular complexity index is 397. The second-order valence-corrected chi connectivity index (χ2v) is 3.53. The van der Waals surface area contributed by atoms with Gasteiger partial charge in [-0.2, -0.15) is 13.2 Å². The zero-order chi connectivity index (χ0) is 11.8. The molecule has 0 aliphatic carbocycles. The maximum atomic E-state index is 12.3. The number of hydrogen-bond donors (Lipinski definition) is 0. The zero-order valence-electron chi connectivity index (χ0n) is 8.29. The van der Waals surface area contributed by atoms with E-state index in [0.29, 0.717) is 18.7 Å². The molecule has 0 saturated carbocycles. The van der Waals surface area contributed by atoms with Crippen LogP contribution in [-0.2, 0) is 11.0 Å². The molecule has 16 heavy (non-hydrogen) atoms. The average Bonchev–Trinajstić information content (AvgIpc) is 2.63. The molecule has 1 aromatic carbocycles. The molecule has 1 fully saturated rings. The lowest BCUT2D eigenvalue weighted by atomic mass is 10.2. The second kappa shape index (κ2) is 3.81. The molecule has 0 aromatic heterocycles. The van der Waals surface area contributed by atoms with Gasteiger partial charge in [-0.3, -0.25) is 4.79 Å². The first kappa shape index (κ1) is 11.0. The first-order chi connectivity index (χ1) is 7.48. The van der Waals surface area contributed by atoms with Crippen molar-refractivity contribution in [1.82, 2.24) is 0 Å². The van der Waals surface area contributed by atoms with Gasteiger partial charge in [0.05, 0.1) is 12.0 Å². The molecule has 0 spiro atoms. The quantitative estimate of drug-likeness (QED) is 0.723. The number of rotatable bonds is 1. The molecular weight excluding hydrogens is 219 g/mol. The van der Waals surface area contributed by atoms with Gasteiger partial charge in [0.2, 0.25) is 5.91 Å². The molecular formula is C11H9F3NO. The molecule has 0 bridgehead atoms. The Balaban J connectivity index is 2.22. The van der Waals surface area contributed by atoms with E-state index in [-0.39, 0.29) is 5.91 Å². The van der Waals surface area contributed by atoms with Crippen molar-refractivity contribution in [2.45, 2.75) is 12.6 Å². The molecule has 1 amide bonds. The lowest BCUT2D eigenvalue weighted by Crippen LogP contribution is -2.23. The van der Waals surface area contributed by atoms with Crippen LogP contribution < -0.4 is 4.90 Å². The summed E-state index contributed by atoms with van der Waals surface area (Å²) in [5.74, 6) is -0.153. The van der Waals surface area contributed by atoms with Crippen molar-refractivity contribution in [2.75, 3.05) is 11.4 Å². The molecule has 1 aliphatic rings. The Hall–Kier alpha value is -1.52. The number of halogens is 3. The minimum atomic E-state index is -4.33. The van der Waals surface area contributed by atoms with Crippen LogP contribution in [0, 0.1) is 6.42 Å². The van der Waals surface area contributed by atoms with Crippen LogP contribution >= 0.6 is 0 Å². The molecule has 1 aromatic rings. The lowest BCUT2D eigenvalue weighted by Gasteiger charge is -2.16. The summed E-state index contributed by atoms with van der Waals surface area (Å²) in [6, 6.07) is 4.61. The highest BCUT2D eigenvalue weighted by molar-refractivity contribution is 6.01. The zero-order valence-corrected chi connectivity index (χ0v) is 8.29. The fraction of sp³-hybridized carbons (Fsp3) is 0.273. The fourth-order valence-corrected chi connectivity index (χ4v) is 1.62. The van der Waals surface area contributed by atoms with Gasteiger partial charge in [0.25, 0.3) is 0 Å². The highest BCUT2D eigenvalue weighted by Gasteiger charge is 2.30. The summed E-state index contributed by atoms with van der Waals surface area (Å²) in [5.41, 5.74) is -0.196. The van der Waals surface area contributed by atoms with Gasteiger partial charge in [0.15, 0.2) is 0 Å². The summed E-state index contributed by atoms with van der Waals surface area (Å²) in [5, 5.41) is 0. The summed E-state index contributed by atoms with van der Waals surface area (Å²) in [7, 11) is 0. The Morgan fingerprint density at radius 3 is 2.19 bits per heavy atom. The van der Waals surface area contributed by atoms with E-state index in [9.17, 15) is 18.0 Å². The number of benzene rings is 1. The SMILES string of the molecule is O=C1[CH]CCN1c1ccc(C(F)(F)F)cc1. The number of amides is 1. The monoisotopic (exact) mass is 228 g/mol. The molecule has 0 unspecified atom stereocenters. The first-order valence-corrected chi connectivity index (χ1v) is 4.80. The minimum Gasteiger partial charge on any atom is -0.312 e. The van der Waals surface area contributed by atoms with Crippen molar-refractivity contribution < 1.29 is 18.0 Å². The van der Waals surface area contributed by atoms with Gasteiger partial charge in [-0.1, -0.05) is 0 Å². The van der Waals surface area contributed by atoms with Crippen LogP contribution in [0.5, 0.6) is 0 Å². The van der Waals surface area contributed by atoms with Crippen molar-refractivity contribution in [3.8, 4) is 0 Å². The molecule has 2 nitrogen and oxygen atoms in total. The smallest absolute Gasteiger partial charge is 0.312 e. The molecule has 1 aliphatic heterocycles. The number of nitrogens with zero attached hydrogens (tertiary/aromatic N) is 1. The second-order valence-electron chi connectivity index (χ2n) is 3.53. The third-order valence-electron chi connectivity index (χ3n) is 2.44. The largest absolute Gasteiger partial charge is 0.416 e. The predicted octanol–water partition coefficient (Wildman–Crippen LogP) is 2.65. The Morgan fingerprint density at radius 1 is 1.12 bits per heavy atom. The molecule has 85 valence electrons. The Morgan fingerprint density at radius 2 is 1.75 bits per heavy atom. The first-order valence-electron chi connectivity index (χ1n) is 4.80. The van der Waals surface area contributed by atoms with Gasteiger partial charge in [-0.15, -0.1) is 0 Å². The minimum absolute atomic E-state index is 0.153. The van der Waals surface area contributed by atoms with Crippen LogP contribution in [0.15, 0.2) is 24.3 Å². The van der Waals surface area contributed by atoms with Crippen molar-refractivity contribution in [1.29, 1.82) is 0 Å². The third-order valence-corrected chi connectivity index (χ3v) is 2.44. The van der Waals surface area contributed by atoms with Gasteiger partial charge in [-0.25, -0.2) is 0 Å². The van der Waals surface area contributed by atoms with Gasteiger partial charge in [0.1, 0.15) is 0 Å². The van der Waals surface area contributed by atoms with E-state index >= 15 is 0 Å². The van der Waals surface area contributed by atoms with Crippen molar-refractivity contribution in [3.05, 3.63) is 36.2 Å². The van der Waals surface area contributed by atoms with Crippen LogP contribution in [0.2, 0.25) is 0 Å². The maximum absolute atomic E-state index is 12.3. The van der Waals surface area contributed by atoms with Crippen LogP contribution in [-0.4, -0.2) is 12.5 Å². The van der Waals surface area contributed by atoms with E-state index < -0.39 is 11.7 Å². The van der Waals surface area contributed by atoms with Crippen LogP contribution in [0.25, 0.3) is 0 Å². The molecule has 2 rings (SSSR count). The number of hydrogen-bond acceptors (Lipinski definition) is 1. The normalized spacial score (nSPS) is 16.9. The van der Waals surface area contributed by atoms with E-state index in [2.05, 4.69) is 0 Å². The van der Waals surface area contributed by atoms with Gasteiger partial charge < -0.3 is 4.90 Å². The highest BCUT2D eigenvalue weighted by Crippen LogP contribution is 2.31. The van der Waals surface area contributed by atoms with Gasteiger partial charge in [0, 0.05) is 12.2 Å². The van der Waals surface area contributed by atoms with E-state index in [0.717, 1.165) is 12.1 Å². The number of carbonyl (C=O) groups is 1. The van der Waals surface area contributed by atoms with Crippen LogP contribution in [0.4, 0.5) is 18.9 Å². The van der Waals surface area contributed by atoms with Crippen LogP contribution in [0.1, 0.15) is 12.0 Å². The molecule has 1 heterocycles. The predicted molar refractivity (Wildman–Crippen MR) is 52.7 cm³/mol. The van der Waals surface area contributed by atoms with E-state index in [1.807, 2.05) is 0 Å². The fourth-order valence-electron chi connectivity index (χ4n) is 1.62. The number of carbonyl (C=O) groups excluding carboxylic acids is 1. The molecule has 0 atom stereocenters. The highest BCUT2D eigenvalue weighted by atomic mass is 19.4. The van der Waals surface area contributed by atoms with Crippen molar-refractivity contribution >= 4 is 11.6 Å². The lowest BCUT2D eigenvalue weighted by molar-refractivity contribution is -0.137. The van der Waals surface area contributed by atoms with Crippen LogP contribution in [0.3, 0.4) is 0 Å². The summed E-state index contributed by atoms with van der Waals surface area (Å²) in [6.07, 6.45) is -2.17. The maximum Gasteiger partial charge on any atom is 0.416 e. The topological polar surface area (TPSA) is 20.3 Å². The summed E-state index contributed by atoms with van der Waals surface area (Å²) >= 11 is 0. The molecule has 1 radical (unpaired) electrons. The Kier molecular flexibility index (Phi) is 2.61. The summed E-state index contributed by atoms with van der Waals surface area (Å²) in [6.45, 7) is 0.532. The third kappa shape index (κ3) is 2.03. The van der Waals surface area contributed by atoms with E-state index in [1.54, 1.807) is 0 Å². The Labute approximate surface area is 90.7 Å². The van der Waals surface area contributed by atoms with E-state index in [1.165, 1.54) is 23.5 Å². The number of alkyl halides is 3. The van der Waals surface area contributed by atoms with E-state index in [4.69, 9.17) is 0 Å². The standard InChI is InChI=1S/C11H9F3NO/c12-11(13,14)8-3-5-9(6-4-8)15-7-1-2-10(15)16/h2-6H,1,7H2. The summed E-state index contributed by atoms with van der Waals surface area (Å²) in [4.78, 5) is 12.8. The van der Waals surface area contributed by atoms with Gasteiger partial charge >= 0.3 is 6.18 Å². The molecule has 5 heteroatoms. The van der Waals surface area contributed by atoms with Crippen molar-refractivity contribution in [2.24, 2.45) is 0 Å². The van der Waals surface area contributed by atoms with Gasteiger partial charge in [-0.05, 0) is 30.7 Å². The number of anilines is 1. The summed E-state index contributed by atoms with van der Waals surface area (Å²) < 4.78 is 36.9. The average molecular weight is 228 g/mol.